The van der Waals surface area contributed by atoms with Crippen molar-refractivity contribution in [2.45, 2.75) is 51.4 Å². The van der Waals surface area contributed by atoms with Crippen molar-refractivity contribution in [3.8, 4) is 0 Å². The molecule has 0 amide bonds. The molecule has 0 bridgehead atoms. The van der Waals surface area contributed by atoms with Gasteiger partial charge in [0.2, 0.25) is 10.0 Å². The maximum absolute atomic E-state index is 12.5. The van der Waals surface area contributed by atoms with Gasteiger partial charge in [-0.05, 0) is 40.8 Å². The molecule has 0 aromatic heterocycles. The molecule has 1 aliphatic rings. The van der Waals surface area contributed by atoms with E-state index in [4.69, 9.17) is 0 Å². The predicted octanol–water partition coefficient (Wildman–Crippen LogP) is 0.729. The lowest BCUT2D eigenvalue weighted by Gasteiger charge is -2.42. The molecule has 0 aliphatic carbocycles. The largest absolute Gasteiger partial charge is 0.315 e. The van der Waals surface area contributed by atoms with Gasteiger partial charge >= 0.3 is 0 Å². The molecular formula is C13H29N3O2S. The SMILES string of the molecule is CCCNCC(C)S(=O)(=O)N1CC(C)N(C)C(C)C1. The quantitative estimate of drug-likeness (QED) is 0.733. The first-order valence-corrected chi connectivity index (χ1v) is 8.72. The van der Waals surface area contributed by atoms with Crippen molar-refractivity contribution in [3.63, 3.8) is 0 Å². The minimum absolute atomic E-state index is 0.273. The molecule has 1 aliphatic heterocycles. The Balaban J connectivity index is 2.66. The molecule has 1 heterocycles. The van der Waals surface area contributed by atoms with Crippen LogP contribution in [0.4, 0.5) is 0 Å². The smallest absolute Gasteiger partial charge is 0.218 e. The predicted molar refractivity (Wildman–Crippen MR) is 79.8 cm³/mol. The van der Waals surface area contributed by atoms with Crippen LogP contribution in [0, 0.1) is 0 Å². The highest BCUT2D eigenvalue weighted by Crippen LogP contribution is 2.19. The number of hydrogen-bond donors (Lipinski definition) is 1. The van der Waals surface area contributed by atoms with Gasteiger partial charge in [-0.1, -0.05) is 6.92 Å². The van der Waals surface area contributed by atoms with Gasteiger partial charge < -0.3 is 5.32 Å². The van der Waals surface area contributed by atoms with Crippen LogP contribution in [0.1, 0.15) is 34.1 Å². The molecule has 19 heavy (non-hydrogen) atoms. The molecule has 0 spiro atoms. The first kappa shape index (κ1) is 16.9. The fraction of sp³-hybridized carbons (Fsp3) is 1.00. The highest BCUT2D eigenvalue weighted by Gasteiger charge is 2.36. The van der Waals surface area contributed by atoms with Gasteiger partial charge in [-0.25, -0.2) is 8.42 Å². The molecule has 114 valence electrons. The lowest BCUT2D eigenvalue weighted by molar-refractivity contribution is 0.104. The minimum Gasteiger partial charge on any atom is -0.315 e. The average Bonchev–Trinajstić information content (AvgIpc) is 2.35. The summed E-state index contributed by atoms with van der Waals surface area (Å²) in [5.41, 5.74) is 0. The standard InChI is InChI=1S/C13H29N3O2S/c1-6-7-14-8-13(4)19(17,18)16-9-11(2)15(5)12(3)10-16/h11-14H,6-10H2,1-5H3. The maximum atomic E-state index is 12.5. The van der Waals surface area contributed by atoms with E-state index in [9.17, 15) is 8.42 Å². The monoisotopic (exact) mass is 291 g/mol. The van der Waals surface area contributed by atoms with Crippen molar-refractivity contribution in [3.05, 3.63) is 0 Å². The Labute approximate surface area is 118 Å². The maximum Gasteiger partial charge on any atom is 0.218 e. The van der Waals surface area contributed by atoms with Gasteiger partial charge in [-0.2, -0.15) is 4.31 Å². The lowest BCUT2D eigenvalue weighted by Crippen LogP contribution is -2.58. The average molecular weight is 291 g/mol. The molecule has 0 saturated carbocycles. The van der Waals surface area contributed by atoms with Crippen LogP contribution in [0.3, 0.4) is 0 Å². The van der Waals surface area contributed by atoms with E-state index in [1.54, 1.807) is 11.2 Å². The van der Waals surface area contributed by atoms with Crippen LogP contribution < -0.4 is 5.32 Å². The molecule has 3 unspecified atom stereocenters. The van der Waals surface area contributed by atoms with Crippen molar-refractivity contribution in [2.75, 3.05) is 33.2 Å². The van der Waals surface area contributed by atoms with E-state index in [0.717, 1.165) is 13.0 Å². The second-order valence-corrected chi connectivity index (χ2v) is 8.09. The van der Waals surface area contributed by atoms with Crippen LogP contribution in [0.2, 0.25) is 0 Å². The molecule has 1 saturated heterocycles. The van der Waals surface area contributed by atoms with E-state index >= 15 is 0 Å². The zero-order valence-corrected chi connectivity index (χ0v) is 13.7. The zero-order chi connectivity index (χ0) is 14.6. The molecule has 1 fully saturated rings. The van der Waals surface area contributed by atoms with Crippen LogP contribution in [-0.2, 0) is 10.0 Å². The van der Waals surface area contributed by atoms with Crippen molar-refractivity contribution in [1.29, 1.82) is 0 Å². The third kappa shape index (κ3) is 4.15. The molecule has 0 aromatic carbocycles. The minimum atomic E-state index is -3.19. The van der Waals surface area contributed by atoms with Gasteiger partial charge in [0.05, 0.1) is 5.25 Å². The topological polar surface area (TPSA) is 52.7 Å². The number of rotatable bonds is 6. The van der Waals surface area contributed by atoms with Crippen molar-refractivity contribution in [2.24, 2.45) is 0 Å². The van der Waals surface area contributed by atoms with Crippen molar-refractivity contribution < 1.29 is 8.42 Å². The first-order valence-electron chi connectivity index (χ1n) is 7.22. The van der Waals surface area contributed by atoms with Crippen molar-refractivity contribution >= 4 is 10.0 Å². The Morgan fingerprint density at radius 1 is 1.26 bits per heavy atom. The molecular weight excluding hydrogens is 262 g/mol. The summed E-state index contributed by atoms with van der Waals surface area (Å²) in [6.07, 6.45) is 1.02. The van der Waals surface area contributed by atoms with Crippen LogP contribution in [0.15, 0.2) is 0 Å². The van der Waals surface area contributed by atoms with Crippen LogP contribution in [-0.4, -0.2) is 68.2 Å². The Kier molecular flexibility index (Phi) is 6.23. The molecule has 5 nitrogen and oxygen atoms in total. The number of nitrogens with zero attached hydrogens (tertiary/aromatic N) is 2. The Morgan fingerprint density at radius 2 is 1.79 bits per heavy atom. The summed E-state index contributed by atoms with van der Waals surface area (Å²) in [5.74, 6) is 0. The Hall–Kier alpha value is -0.170. The number of hydrogen-bond acceptors (Lipinski definition) is 4. The number of likely N-dealkylation sites (N-methyl/N-ethyl adjacent to an activating group) is 1. The molecule has 0 aromatic rings. The van der Waals surface area contributed by atoms with Gasteiger partial charge in [0.15, 0.2) is 0 Å². The number of sulfonamides is 1. The summed E-state index contributed by atoms with van der Waals surface area (Å²) >= 11 is 0. The number of piperazine rings is 1. The van der Waals surface area contributed by atoms with E-state index in [1.807, 2.05) is 0 Å². The molecule has 3 atom stereocenters. The zero-order valence-electron chi connectivity index (χ0n) is 12.9. The summed E-state index contributed by atoms with van der Waals surface area (Å²) in [5, 5.41) is 2.84. The second-order valence-electron chi connectivity index (χ2n) is 5.74. The van der Waals surface area contributed by atoms with Crippen LogP contribution >= 0.6 is 0 Å². The van der Waals surface area contributed by atoms with E-state index in [-0.39, 0.29) is 17.3 Å². The summed E-state index contributed by atoms with van der Waals surface area (Å²) < 4.78 is 26.8. The van der Waals surface area contributed by atoms with E-state index in [0.29, 0.717) is 19.6 Å². The van der Waals surface area contributed by atoms with Gasteiger partial charge in [0, 0.05) is 31.7 Å². The third-order valence-electron chi connectivity index (χ3n) is 4.05. The fourth-order valence-electron chi connectivity index (χ4n) is 2.41. The molecule has 1 N–H and O–H groups in total. The van der Waals surface area contributed by atoms with Gasteiger partial charge in [0.25, 0.3) is 0 Å². The van der Waals surface area contributed by atoms with E-state index in [2.05, 4.69) is 38.0 Å². The highest BCUT2D eigenvalue weighted by atomic mass is 32.2. The third-order valence-corrected chi connectivity index (χ3v) is 6.25. The second kappa shape index (κ2) is 7.02. The summed E-state index contributed by atoms with van der Waals surface area (Å²) in [4.78, 5) is 2.24. The lowest BCUT2D eigenvalue weighted by atomic mass is 10.1. The highest BCUT2D eigenvalue weighted by molar-refractivity contribution is 7.89. The normalized spacial score (nSPS) is 28.5. The summed E-state index contributed by atoms with van der Waals surface area (Å²) in [6, 6.07) is 0.545. The Bertz CT molecular complexity index is 360. The number of nitrogens with one attached hydrogen (secondary N) is 1. The van der Waals surface area contributed by atoms with Gasteiger partial charge in [0.1, 0.15) is 0 Å². The van der Waals surface area contributed by atoms with E-state index < -0.39 is 10.0 Å². The van der Waals surface area contributed by atoms with Crippen molar-refractivity contribution in [1.82, 2.24) is 14.5 Å². The summed E-state index contributed by atoms with van der Waals surface area (Å²) in [6.45, 7) is 10.6. The van der Waals surface area contributed by atoms with Gasteiger partial charge in [-0.3, -0.25) is 4.90 Å². The Morgan fingerprint density at radius 3 is 2.26 bits per heavy atom. The summed E-state index contributed by atoms with van der Waals surface area (Å²) in [7, 11) is -1.13. The van der Waals surface area contributed by atoms with Crippen LogP contribution in [0.5, 0.6) is 0 Å². The van der Waals surface area contributed by atoms with Gasteiger partial charge in [-0.15, -0.1) is 0 Å². The van der Waals surface area contributed by atoms with E-state index in [1.165, 1.54) is 0 Å². The molecule has 6 heteroatoms. The fourth-order valence-corrected chi connectivity index (χ4v) is 4.09. The van der Waals surface area contributed by atoms with Crippen LogP contribution in [0.25, 0.3) is 0 Å². The molecule has 1 rings (SSSR count). The molecule has 0 radical (unpaired) electrons. The first-order chi connectivity index (χ1) is 8.80.